The van der Waals surface area contributed by atoms with Crippen molar-refractivity contribution in [1.29, 1.82) is 0 Å². The number of carbonyl (C=O) groups excluding carboxylic acids is 1. The van der Waals surface area contributed by atoms with E-state index in [0.29, 0.717) is 18.1 Å². The van der Waals surface area contributed by atoms with Crippen LogP contribution in [0.2, 0.25) is 0 Å². The van der Waals surface area contributed by atoms with Gasteiger partial charge in [-0.25, -0.2) is 4.79 Å². The first-order chi connectivity index (χ1) is 7.85. The summed E-state index contributed by atoms with van der Waals surface area (Å²) >= 11 is 0. The van der Waals surface area contributed by atoms with Crippen molar-refractivity contribution in [1.82, 2.24) is 10.2 Å². The molecule has 2 aliphatic heterocycles. The summed E-state index contributed by atoms with van der Waals surface area (Å²) < 4.78 is 5.41. The first-order valence-electron chi connectivity index (χ1n) is 6.57. The van der Waals surface area contributed by atoms with Gasteiger partial charge in [-0.05, 0) is 46.5 Å². The second-order valence-corrected chi connectivity index (χ2v) is 6.35. The lowest BCUT2D eigenvalue weighted by Crippen LogP contribution is -2.49. The Morgan fingerprint density at radius 1 is 1.24 bits per heavy atom. The van der Waals surface area contributed by atoms with Crippen molar-refractivity contribution in [2.24, 2.45) is 0 Å². The van der Waals surface area contributed by atoms with Gasteiger partial charge in [0, 0.05) is 25.2 Å². The zero-order valence-corrected chi connectivity index (χ0v) is 11.3. The summed E-state index contributed by atoms with van der Waals surface area (Å²) in [4.78, 5) is 13.8. The molecule has 3 atom stereocenters. The summed E-state index contributed by atoms with van der Waals surface area (Å²) in [6.07, 6.45) is 4.44. The molecular weight excluding hydrogens is 216 g/mol. The van der Waals surface area contributed by atoms with Crippen LogP contribution in [0.25, 0.3) is 0 Å². The molecule has 2 heterocycles. The predicted molar refractivity (Wildman–Crippen MR) is 67.0 cm³/mol. The van der Waals surface area contributed by atoms with Crippen LogP contribution < -0.4 is 5.32 Å². The van der Waals surface area contributed by atoms with Crippen LogP contribution >= 0.6 is 0 Å². The number of nitrogens with zero attached hydrogens (tertiary/aromatic N) is 1. The number of piperidine rings is 1. The van der Waals surface area contributed by atoms with Crippen LogP contribution in [0.4, 0.5) is 4.79 Å². The van der Waals surface area contributed by atoms with Gasteiger partial charge in [-0.15, -0.1) is 0 Å². The number of fused-ring (bicyclic) bond motifs is 2. The van der Waals surface area contributed by atoms with E-state index in [0.717, 1.165) is 12.8 Å². The Morgan fingerprint density at radius 3 is 2.24 bits per heavy atom. The number of ether oxygens (including phenoxy) is 1. The highest BCUT2D eigenvalue weighted by atomic mass is 16.6. The number of nitrogens with one attached hydrogen (secondary N) is 1. The monoisotopic (exact) mass is 240 g/mol. The fraction of sp³-hybridized carbons (Fsp3) is 0.923. The smallest absolute Gasteiger partial charge is 0.410 e. The van der Waals surface area contributed by atoms with Crippen LogP contribution in [-0.4, -0.2) is 41.8 Å². The Morgan fingerprint density at radius 2 is 1.76 bits per heavy atom. The Bertz CT molecular complexity index is 286. The molecule has 2 saturated heterocycles. The Hall–Kier alpha value is -0.770. The van der Waals surface area contributed by atoms with E-state index in [-0.39, 0.29) is 6.09 Å². The summed E-state index contributed by atoms with van der Waals surface area (Å²) in [5.41, 5.74) is -0.406. The molecule has 4 heteroatoms. The van der Waals surface area contributed by atoms with Crippen molar-refractivity contribution in [3.8, 4) is 0 Å². The Labute approximate surface area is 104 Å². The van der Waals surface area contributed by atoms with E-state index in [1.165, 1.54) is 12.8 Å². The van der Waals surface area contributed by atoms with Crippen LogP contribution in [0.15, 0.2) is 0 Å². The zero-order valence-electron chi connectivity index (χ0n) is 11.3. The second kappa shape index (κ2) is 4.48. The molecule has 2 rings (SSSR count). The summed E-state index contributed by atoms with van der Waals surface area (Å²) in [6, 6.07) is 1.54. The van der Waals surface area contributed by atoms with Crippen LogP contribution in [0, 0.1) is 0 Å². The van der Waals surface area contributed by atoms with Crippen molar-refractivity contribution >= 4 is 6.09 Å². The lowest BCUT2D eigenvalue weighted by atomic mass is 9.99. The summed E-state index contributed by atoms with van der Waals surface area (Å²) in [6.45, 7) is 5.72. The van der Waals surface area contributed by atoms with E-state index in [2.05, 4.69) is 5.32 Å². The summed E-state index contributed by atoms with van der Waals surface area (Å²) in [5.74, 6) is 0. The molecule has 2 bridgehead atoms. The van der Waals surface area contributed by atoms with E-state index in [1.54, 1.807) is 4.90 Å². The third kappa shape index (κ3) is 3.12. The first kappa shape index (κ1) is 12.7. The molecule has 4 nitrogen and oxygen atoms in total. The molecule has 0 aromatic rings. The van der Waals surface area contributed by atoms with E-state index < -0.39 is 5.60 Å². The third-order valence-corrected chi connectivity index (χ3v) is 3.68. The van der Waals surface area contributed by atoms with E-state index in [1.807, 2.05) is 27.8 Å². The van der Waals surface area contributed by atoms with Crippen molar-refractivity contribution in [2.75, 3.05) is 7.05 Å². The first-order valence-corrected chi connectivity index (χ1v) is 6.57. The largest absolute Gasteiger partial charge is 0.444 e. The minimum Gasteiger partial charge on any atom is -0.444 e. The summed E-state index contributed by atoms with van der Waals surface area (Å²) in [5, 5.41) is 3.58. The van der Waals surface area contributed by atoms with Gasteiger partial charge in [0.25, 0.3) is 0 Å². The molecule has 1 amide bonds. The quantitative estimate of drug-likeness (QED) is 0.763. The lowest BCUT2D eigenvalue weighted by Gasteiger charge is -2.36. The second-order valence-electron chi connectivity index (χ2n) is 6.35. The Kier molecular flexibility index (Phi) is 3.34. The molecule has 17 heavy (non-hydrogen) atoms. The number of rotatable bonds is 1. The fourth-order valence-corrected chi connectivity index (χ4v) is 2.83. The minimum atomic E-state index is -0.406. The summed E-state index contributed by atoms with van der Waals surface area (Å²) in [7, 11) is 1.86. The molecule has 0 saturated carbocycles. The standard InChI is InChI=1S/C13H24N2O2/c1-13(2,3)17-12(16)15(4)11-7-9-5-6-10(8-11)14-9/h9-11,14H,5-8H2,1-4H3/t9-,10+,11?. The number of hydrogen-bond acceptors (Lipinski definition) is 3. The van der Waals surface area contributed by atoms with Gasteiger partial charge in [-0.3, -0.25) is 0 Å². The maximum Gasteiger partial charge on any atom is 0.410 e. The molecule has 0 aromatic heterocycles. The lowest BCUT2D eigenvalue weighted by molar-refractivity contribution is 0.0177. The van der Waals surface area contributed by atoms with E-state index in [9.17, 15) is 4.79 Å². The Balaban J connectivity index is 1.91. The van der Waals surface area contributed by atoms with Crippen LogP contribution in [0.5, 0.6) is 0 Å². The highest BCUT2D eigenvalue weighted by molar-refractivity contribution is 5.68. The highest BCUT2D eigenvalue weighted by Crippen LogP contribution is 2.29. The number of amides is 1. The molecule has 1 unspecified atom stereocenters. The van der Waals surface area contributed by atoms with Crippen molar-refractivity contribution in [3.05, 3.63) is 0 Å². The minimum absolute atomic E-state index is 0.191. The van der Waals surface area contributed by atoms with Gasteiger partial charge in [-0.2, -0.15) is 0 Å². The van der Waals surface area contributed by atoms with Gasteiger partial charge in [-0.1, -0.05) is 0 Å². The predicted octanol–water partition coefficient (Wildman–Crippen LogP) is 2.14. The zero-order chi connectivity index (χ0) is 12.6. The average Bonchev–Trinajstić information content (AvgIpc) is 2.54. The molecular formula is C13H24N2O2. The van der Waals surface area contributed by atoms with Crippen molar-refractivity contribution in [3.63, 3.8) is 0 Å². The topological polar surface area (TPSA) is 41.6 Å². The maximum absolute atomic E-state index is 12.0. The molecule has 0 radical (unpaired) electrons. The molecule has 0 spiro atoms. The normalized spacial score (nSPS) is 32.4. The van der Waals surface area contributed by atoms with Crippen LogP contribution in [0.1, 0.15) is 46.5 Å². The van der Waals surface area contributed by atoms with Crippen molar-refractivity contribution in [2.45, 2.75) is 70.2 Å². The van der Waals surface area contributed by atoms with E-state index in [4.69, 9.17) is 4.74 Å². The van der Waals surface area contributed by atoms with E-state index >= 15 is 0 Å². The SMILES string of the molecule is CN(C(=O)OC(C)(C)C)C1C[C@H]2CC[C@@H](C1)N2. The van der Waals surface area contributed by atoms with Crippen molar-refractivity contribution < 1.29 is 9.53 Å². The highest BCUT2D eigenvalue weighted by Gasteiger charge is 2.37. The third-order valence-electron chi connectivity index (χ3n) is 3.68. The molecule has 2 fully saturated rings. The van der Waals surface area contributed by atoms with Crippen LogP contribution in [0.3, 0.4) is 0 Å². The van der Waals surface area contributed by atoms with Gasteiger partial charge in [0.15, 0.2) is 0 Å². The average molecular weight is 240 g/mol. The van der Waals surface area contributed by atoms with Gasteiger partial charge in [0.05, 0.1) is 0 Å². The van der Waals surface area contributed by atoms with Crippen LogP contribution in [-0.2, 0) is 4.74 Å². The van der Waals surface area contributed by atoms with Gasteiger partial charge in [0.2, 0.25) is 0 Å². The fourth-order valence-electron chi connectivity index (χ4n) is 2.83. The molecule has 0 aliphatic carbocycles. The van der Waals surface area contributed by atoms with Gasteiger partial charge in [0.1, 0.15) is 5.60 Å². The number of carbonyl (C=O) groups is 1. The number of hydrogen-bond donors (Lipinski definition) is 1. The molecule has 98 valence electrons. The molecule has 1 N–H and O–H groups in total. The van der Waals surface area contributed by atoms with Gasteiger partial charge < -0.3 is 15.0 Å². The maximum atomic E-state index is 12.0. The van der Waals surface area contributed by atoms with Gasteiger partial charge >= 0.3 is 6.09 Å². The molecule has 2 aliphatic rings. The molecule has 0 aromatic carbocycles.